The molecular weight excluding hydrogens is 146 g/mol. The lowest BCUT2D eigenvalue weighted by molar-refractivity contribution is 0.413. The van der Waals surface area contributed by atoms with Gasteiger partial charge in [0.25, 0.3) is 5.56 Å². The number of hydrogen-bond donors (Lipinski definition) is 0. The average Bonchev–Trinajstić information content (AvgIpc) is 1.97. The summed E-state index contributed by atoms with van der Waals surface area (Å²) in [5, 5.41) is 0. The molecule has 0 radical (unpaired) electrons. The highest BCUT2D eigenvalue weighted by molar-refractivity contribution is 5.08. The molecule has 0 atom stereocenters. The van der Waals surface area contributed by atoms with Gasteiger partial charge in [-0.05, 0) is 13.8 Å². The van der Waals surface area contributed by atoms with E-state index in [0.29, 0.717) is 11.3 Å². The molecule has 0 saturated heterocycles. The summed E-state index contributed by atoms with van der Waals surface area (Å²) < 4.78 is 5.67. The number of aromatic nitrogens is 1. The van der Waals surface area contributed by atoms with E-state index in [1.54, 1.807) is 13.8 Å². The Balaban J connectivity index is 3.74. The molecule has 0 bridgehead atoms. The molecule has 0 aromatic carbocycles. The first-order valence-corrected chi connectivity index (χ1v) is 3.21. The van der Waals surface area contributed by atoms with Crippen LogP contribution in [-0.4, -0.2) is 4.57 Å². The molecule has 0 unspecified atom stereocenters. The third-order valence-corrected chi connectivity index (χ3v) is 1.67. The normalized spacial score (nSPS) is 10.1. The van der Waals surface area contributed by atoms with Gasteiger partial charge in [-0.1, -0.05) is 0 Å². The Labute approximate surface area is 63.1 Å². The predicted octanol–water partition coefficient (Wildman–Crippen LogP) is -0.0447. The summed E-state index contributed by atoms with van der Waals surface area (Å²) in [7, 11) is 1.39. The van der Waals surface area contributed by atoms with Crippen LogP contribution in [0.4, 0.5) is 0 Å². The highest BCUT2D eigenvalue weighted by Gasteiger charge is 2.04. The number of nitrogens with zero attached hydrogens (tertiary/aromatic N) is 1. The summed E-state index contributed by atoms with van der Waals surface area (Å²) in [4.78, 5) is 21.9. The van der Waals surface area contributed by atoms with E-state index in [1.165, 1.54) is 7.05 Å². The molecular formula is C7H9NO3. The van der Waals surface area contributed by atoms with Crippen LogP contribution in [0.25, 0.3) is 0 Å². The molecule has 0 fully saturated rings. The van der Waals surface area contributed by atoms with Crippen LogP contribution < -0.4 is 11.3 Å². The van der Waals surface area contributed by atoms with Crippen molar-refractivity contribution in [2.24, 2.45) is 7.05 Å². The second-order valence-electron chi connectivity index (χ2n) is 2.41. The monoisotopic (exact) mass is 155 g/mol. The van der Waals surface area contributed by atoms with Gasteiger partial charge in [-0.3, -0.25) is 4.79 Å². The molecule has 60 valence electrons. The predicted molar refractivity (Wildman–Crippen MR) is 39.7 cm³/mol. The van der Waals surface area contributed by atoms with Crippen molar-refractivity contribution >= 4 is 0 Å². The number of hydrogen-bond acceptors (Lipinski definition) is 3. The SMILES string of the molecule is Cc1oc(=O)n(C)c(=O)c1C. The van der Waals surface area contributed by atoms with Crippen LogP contribution in [0.1, 0.15) is 11.3 Å². The van der Waals surface area contributed by atoms with E-state index in [2.05, 4.69) is 0 Å². The first kappa shape index (κ1) is 7.78. The van der Waals surface area contributed by atoms with Gasteiger partial charge in [0.2, 0.25) is 0 Å². The van der Waals surface area contributed by atoms with Gasteiger partial charge in [0.15, 0.2) is 0 Å². The third kappa shape index (κ3) is 1.11. The molecule has 4 nitrogen and oxygen atoms in total. The lowest BCUT2D eigenvalue weighted by Crippen LogP contribution is -2.31. The molecule has 1 aromatic heterocycles. The summed E-state index contributed by atoms with van der Waals surface area (Å²) in [6.07, 6.45) is 0. The molecule has 1 aromatic rings. The second-order valence-corrected chi connectivity index (χ2v) is 2.41. The largest absolute Gasteiger partial charge is 0.421 e. The Morgan fingerprint density at radius 2 is 1.82 bits per heavy atom. The molecule has 4 heteroatoms. The van der Waals surface area contributed by atoms with E-state index in [4.69, 9.17) is 4.42 Å². The summed E-state index contributed by atoms with van der Waals surface area (Å²) in [5.41, 5.74) is 0.186. The van der Waals surface area contributed by atoms with E-state index in [1.807, 2.05) is 0 Å². The maximum absolute atomic E-state index is 11.1. The van der Waals surface area contributed by atoms with Crippen molar-refractivity contribution in [2.75, 3.05) is 0 Å². The Morgan fingerprint density at radius 1 is 1.27 bits per heavy atom. The Morgan fingerprint density at radius 3 is 2.36 bits per heavy atom. The molecule has 1 heterocycles. The number of rotatable bonds is 0. The van der Waals surface area contributed by atoms with Crippen LogP contribution >= 0.6 is 0 Å². The molecule has 0 amide bonds. The van der Waals surface area contributed by atoms with Crippen molar-refractivity contribution in [2.45, 2.75) is 13.8 Å². The molecule has 0 aliphatic rings. The summed E-state index contributed by atoms with van der Waals surface area (Å²) in [5.74, 6) is -0.226. The summed E-state index contributed by atoms with van der Waals surface area (Å²) in [6.45, 7) is 3.22. The second kappa shape index (κ2) is 2.38. The number of aryl methyl sites for hydroxylation is 1. The zero-order chi connectivity index (χ0) is 8.59. The smallest absolute Gasteiger partial charge is 0.414 e. The third-order valence-electron chi connectivity index (χ3n) is 1.67. The minimum Gasteiger partial charge on any atom is -0.414 e. The fourth-order valence-electron chi connectivity index (χ4n) is 0.761. The molecule has 0 aliphatic heterocycles. The van der Waals surface area contributed by atoms with Crippen LogP contribution in [0.3, 0.4) is 0 Å². The molecule has 1 rings (SSSR count). The first-order valence-electron chi connectivity index (χ1n) is 3.21. The lowest BCUT2D eigenvalue weighted by atomic mass is 10.3. The topological polar surface area (TPSA) is 52.2 Å². The van der Waals surface area contributed by atoms with Gasteiger partial charge in [-0.15, -0.1) is 0 Å². The van der Waals surface area contributed by atoms with Crippen molar-refractivity contribution in [1.29, 1.82) is 0 Å². The van der Waals surface area contributed by atoms with Crippen LogP contribution in [0.15, 0.2) is 14.0 Å². The quantitative estimate of drug-likeness (QED) is 0.528. The van der Waals surface area contributed by atoms with Gasteiger partial charge in [-0.2, -0.15) is 0 Å². The van der Waals surface area contributed by atoms with E-state index in [9.17, 15) is 9.59 Å². The Kier molecular flexibility index (Phi) is 1.68. The van der Waals surface area contributed by atoms with Crippen molar-refractivity contribution in [3.63, 3.8) is 0 Å². The fourth-order valence-corrected chi connectivity index (χ4v) is 0.761. The summed E-state index contributed by atoms with van der Waals surface area (Å²) in [6, 6.07) is 0. The van der Waals surface area contributed by atoms with Gasteiger partial charge >= 0.3 is 5.76 Å². The van der Waals surface area contributed by atoms with Gasteiger partial charge < -0.3 is 4.42 Å². The minimum atomic E-state index is -0.613. The Bertz CT molecular complexity index is 386. The van der Waals surface area contributed by atoms with Crippen molar-refractivity contribution in [1.82, 2.24) is 4.57 Å². The fraction of sp³-hybridized carbons (Fsp3) is 0.429. The van der Waals surface area contributed by atoms with Crippen molar-refractivity contribution < 1.29 is 4.42 Å². The van der Waals surface area contributed by atoms with Crippen LogP contribution in [-0.2, 0) is 7.05 Å². The molecule has 0 N–H and O–H groups in total. The van der Waals surface area contributed by atoms with Gasteiger partial charge in [0.05, 0.1) is 5.56 Å². The Hall–Kier alpha value is -1.32. The van der Waals surface area contributed by atoms with Crippen LogP contribution in [0, 0.1) is 13.8 Å². The van der Waals surface area contributed by atoms with Crippen molar-refractivity contribution in [3.8, 4) is 0 Å². The van der Waals surface area contributed by atoms with E-state index in [-0.39, 0.29) is 5.56 Å². The van der Waals surface area contributed by atoms with Crippen LogP contribution in [0.2, 0.25) is 0 Å². The highest BCUT2D eigenvalue weighted by atomic mass is 16.4. The zero-order valence-corrected chi connectivity index (χ0v) is 6.67. The van der Waals surface area contributed by atoms with E-state index < -0.39 is 5.76 Å². The highest BCUT2D eigenvalue weighted by Crippen LogP contribution is 1.93. The molecule has 11 heavy (non-hydrogen) atoms. The van der Waals surface area contributed by atoms with Crippen LogP contribution in [0.5, 0.6) is 0 Å². The van der Waals surface area contributed by atoms with Crippen molar-refractivity contribution in [3.05, 3.63) is 32.2 Å². The molecule has 0 saturated carbocycles. The lowest BCUT2D eigenvalue weighted by Gasteiger charge is -1.98. The standard InChI is InChI=1S/C7H9NO3/c1-4-5(2)11-7(10)8(3)6(4)9/h1-3H3. The van der Waals surface area contributed by atoms with E-state index >= 15 is 0 Å². The maximum atomic E-state index is 11.1. The first-order chi connectivity index (χ1) is 5.04. The molecule has 0 aliphatic carbocycles. The average molecular weight is 155 g/mol. The summed E-state index contributed by atoms with van der Waals surface area (Å²) >= 11 is 0. The van der Waals surface area contributed by atoms with Gasteiger partial charge in [0.1, 0.15) is 5.76 Å². The minimum absolute atomic E-state index is 0.293. The van der Waals surface area contributed by atoms with E-state index in [0.717, 1.165) is 4.57 Å². The van der Waals surface area contributed by atoms with Gasteiger partial charge in [0, 0.05) is 7.05 Å². The molecule has 0 spiro atoms. The van der Waals surface area contributed by atoms with Gasteiger partial charge in [-0.25, -0.2) is 9.36 Å². The maximum Gasteiger partial charge on any atom is 0.421 e. The zero-order valence-electron chi connectivity index (χ0n) is 6.67.